The largest absolute Gasteiger partial charge is 0.458 e. The number of hydrogen-bond donors (Lipinski definition) is 0. The molecule has 1 saturated heterocycles. The Labute approximate surface area is 167 Å². The van der Waals surface area contributed by atoms with Gasteiger partial charge in [-0.3, -0.25) is 9.59 Å². The highest BCUT2D eigenvalue weighted by Gasteiger charge is 2.68. The predicted molar refractivity (Wildman–Crippen MR) is 107 cm³/mol. The highest BCUT2D eigenvalue weighted by atomic mass is 32.2. The molecule has 7 atom stereocenters. The number of rotatable bonds is 1. The van der Waals surface area contributed by atoms with E-state index in [4.69, 9.17) is 4.74 Å². The first-order valence-corrected chi connectivity index (χ1v) is 12.1. The molecule has 0 N–H and O–H groups in total. The highest BCUT2D eigenvalue weighted by Crippen LogP contribution is 2.70. The van der Waals surface area contributed by atoms with Gasteiger partial charge in [-0.25, -0.2) is 0 Å². The van der Waals surface area contributed by atoms with Gasteiger partial charge < -0.3 is 4.74 Å². The molecule has 0 radical (unpaired) electrons. The summed E-state index contributed by atoms with van der Waals surface area (Å²) in [5.41, 5.74) is 1.58. The molecule has 0 aromatic rings. The minimum absolute atomic E-state index is 0.0204. The van der Waals surface area contributed by atoms with E-state index in [0.29, 0.717) is 35.2 Å². The second kappa shape index (κ2) is 5.87. The van der Waals surface area contributed by atoms with Crippen molar-refractivity contribution in [2.75, 3.05) is 6.26 Å². The fourth-order valence-electron chi connectivity index (χ4n) is 8.04. The molecule has 1 spiro atoms. The second-order valence-electron chi connectivity index (χ2n) is 10.3. The first-order chi connectivity index (χ1) is 12.8. The lowest BCUT2D eigenvalue weighted by atomic mass is 9.46. The number of thioether (sulfide) groups is 1. The summed E-state index contributed by atoms with van der Waals surface area (Å²) in [7, 11) is 0. The van der Waals surface area contributed by atoms with E-state index >= 15 is 0 Å². The van der Waals surface area contributed by atoms with Gasteiger partial charge in [0.2, 0.25) is 0 Å². The summed E-state index contributed by atoms with van der Waals surface area (Å²) in [6.45, 7) is 4.89. The van der Waals surface area contributed by atoms with Crippen LogP contribution in [0.2, 0.25) is 0 Å². The molecule has 4 fully saturated rings. The Bertz CT molecular complexity index is 729. The molecule has 0 aromatic carbocycles. The fraction of sp³-hybridized carbons (Fsp3) is 0.826. The van der Waals surface area contributed by atoms with E-state index in [-0.39, 0.29) is 22.4 Å². The zero-order valence-electron chi connectivity index (χ0n) is 16.9. The summed E-state index contributed by atoms with van der Waals surface area (Å²) in [6.07, 6.45) is 13.3. The summed E-state index contributed by atoms with van der Waals surface area (Å²) in [5, 5.41) is 0.595. The van der Waals surface area contributed by atoms with Crippen LogP contribution in [0.3, 0.4) is 0 Å². The molecule has 4 aliphatic carbocycles. The van der Waals surface area contributed by atoms with E-state index in [0.717, 1.165) is 32.1 Å². The van der Waals surface area contributed by atoms with Crippen molar-refractivity contribution in [3.05, 3.63) is 11.6 Å². The van der Waals surface area contributed by atoms with Crippen molar-refractivity contribution in [1.29, 1.82) is 0 Å². The zero-order chi connectivity index (χ0) is 19.0. The third-order valence-corrected chi connectivity index (χ3v) is 10.7. The predicted octanol–water partition coefficient (Wildman–Crippen LogP) is 4.94. The number of allylic oxidation sites excluding steroid dienone is 1. The minimum atomic E-state index is -0.192. The Morgan fingerprint density at radius 2 is 1.81 bits per heavy atom. The lowest BCUT2D eigenvalue weighted by Gasteiger charge is -2.61. The lowest BCUT2D eigenvalue weighted by molar-refractivity contribution is -0.167. The molecule has 1 aliphatic heterocycles. The van der Waals surface area contributed by atoms with Crippen LogP contribution in [-0.4, -0.2) is 28.9 Å². The van der Waals surface area contributed by atoms with Crippen LogP contribution in [0.5, 0.6) is 0 Å². The second-order valence-corrected chi connectivity index (χ2v) is 11.4. The van der Waals surface area contributed by atoms with Gasteiger partial charge in [0.15, 0.2) is 5.78 Å². The number of ether oxygens (including phenoxy) is 1. The standard InChI is InChI=1S/C23H32O3S/c1-21-8-4-15(24)12-14(21)13-18(27-3)20-16(21)5-9-22(2)17(20)6-10-23(22)11-7-19(25)26-23/h12,16-18,20H,4-11,13H2,1-3H3/t16-,17-,18-,20+,21+,22+,23-/m1/s1. The maximum Gasteiger partial charge on any atom is 0.306 e. The number of ketones is 1. The van der Waals surface area contributed by atoms with Gasteiger partial charge >= 0.3 is 5.97 Å². The quantitative estimate of drug-likeness (QED) is 0.597. The van der Waals surface area contributed by atoms with Crippen LogP contribution < -0.4 is 0 Å². The van der Waals surface area contributed by atoms with E-state index in [1.807, 2.05) is 17.8 Å². The van der Waals surface area contributed by atoms with E-state index in [1.54, 1.807) is 0 Å². The molecule has 0 aromatic heterocycles. The van der Waals surface area contributed by atoms with Gasteiger partial charge in [-0.15, -0.1) is 0 Å². The first kappa shape index (κ1) is 18.3. The lowest BCUT2D eigenvalue weighted by Crippen LogP contribution is -2.57. The van der Waals surface area contributed by atoms with Crippen LogP contribution in [0.1, 0.15) is 71.6 Å². The maximum atomic E-state index is 12.1. The van der Waals surface area contributed by atoms with Crippen LogP contribution in [0.15, 0.2) is 11.6 Å². The minimum Gasteiger partial charge on any atom is -0.458 e. The number of carbonyl (C=O) groups is 2. The average molecular weight is 389 g/mol. The third kappa shape index (κ3) is 2.28. The van der Waals surface area contributed by atoms with Gasteiger partial charge in [0.1, 0.15) is 5.60 Å². The Balaban J connectivity index is 1.54. The van der Waals surface area contributed by atoms with Gasteiger partial charge in [0, 0.05) is 23.5 Å². The van der Waals surface area contributed by atoms with Crippen molar-refractivity contribution in [2.24, 2.45) is 28.6 Å². The van der Waals surface area contributed by atoms with Crippen LogP contribution in [-0.2, 0) is 14.3 Å². The Morgan fingerprint density at radius 3 is 2.52 bits per heavy atom. The molecule has 3 saturated carbocycles. The van der Waals surface area contributed by atoms with Crippen LogP contribution >= 0.6 is 11.8 Å². The van der Waals surface area contributed by atoms with E-state index in [2.05, 4.69) is 20.1 Å². The molecular weight excluding hydrogens is 356 g/mol. The molecule has 0 bridgehead atoms. The molecule has 148 valence electrons. The van der Waals surface area contributed by atoms with Crippen LogP contribution in [0, 0.1) is 28.6 Å². The molecule has 5 aliphatic rings. The SMILES string of the molecule is CS[C@@H]1CC2=CC(=O)CC[C@]2(C)[C@@H]2CC[C@@]3(C)[C@H](CC[C@@]34CCC(=O)O4)[C@H]21. The maximum absolute atomic E-state index is 12.1. The van der Waals surface area contributed by atoms with Gasteiger partial charge in [-0.1, -0.05) is 19.4 Å². The first-order valence-electron chi connectivity index (χ1n) is 10.8. The van der Waals surface area contributed by atoms with E-state index in [9.17, 15) is 9.59 Å². The molecule has 0 unspecified atom stereocenters. The number of carbonyl (C=O) groups excluding carboxylic acids is 2. The summed E-state index contributed by atoms with van der Waals surface area (Å²) < 4.78 is 6.07. The number of fused-ring (bicyclic) bond motifs is 6. The summed E-state index contributed by atoms with van der Waals surface area (Å²) in [5.74, 6) is 2.36. The highest BCUT2D eigenvalue weighted by molar-refractivity contribution is 7.99. The number of esters is 1. The Morgan fingerprint density at radius 1 is 1.04 bits per heavy atom. The summed E-state index contributed by atoms with van der Waals surface area (Å²) in [6, 6.07) is 0. The molecular formula is C23H32O3S. The summed E-state index contributed by atoms with van der Waals surface area (Å²) in [4.78, 5) is 24.1. The molecule has 3 nitrogen and oxygen atoms in total. The average Bonchev–Trinajstić information content (AvgIpc) is 3.16. The molecule has 1 heterocycles. The van der Waals surface area contributed by atoms with Crippen molar-refractivity contribution >= 4 is 23.5 Å². The molecule has 0 amide bonds. The van der Waals surface area contributed by atoms with Crippen molar-refractivity contribution in [3.63, 3.8) is 0 Å². The monoisotopic (exact) mass is 388 g/mol. The zero-order valence-corrected chi connectivity index (χ0v) is 17.7. The Hall–Kier alpha value is -0.770. The van der Waals surface area contributed by atoms with Gasteiger partial charge in [-0.05, 0) is 80.4 Å². The van der Waals surface area contributed by atoms with Gasteiger partial charge in [-0.2, -0.15) is 11.8 Å². The fourth-order valence-corrected chi connectivity index (χ4v) is 9.08. The molecule has 4 heteroatoms. The van der Waals surface area contributed by atoms with Crippen molar-refractivity contribution in [2.45, 2.75) is 82.5 Å². The Kier molecular flexibility index (Phi) is 3.97. The van der Waals surface area contributed by atoms with Gasteiger partial charge in [0.25, 0.3) is 0 Å². The summed E-state index contributed by atoms with van der Waals surface area (Å²) >= 11 is 2.01. The van der Waals surface area contributed by atoms with Crippen molar-refractivity contribution in [1.82, 2.24) is 0 Å². The van der Waals surface area contributed by atoms with E-state index < -0.39 is 0 Å². The normalized spacial score (nSPS) is 51.4. The van der Waals surface area contributed by atoms with Crippen molar-refractivity contribution in [3.8, 4) is 0 Å². The third-order valence-electron chi connectivity index (χ3n) is 9.60. The number of hydrogen-bond acceptors (Lipinski definition) is 4. The van der Waals surface area contributed by atoms with Crippen LogP contribution in [0.25, 0.3) is 0 Å². The van der Waals surface area contributed by atoms with Crippen LogP contribution in [0.4, 0.5) is 0 Å². The van der Waals surface area contributed by atoms with E-state index in [1.165, 1.54) is 24.8 Å². The molecule has 5 rings (SSSR count). The molecule has 27 heavy (non-hydrogen) atoms. The van der Waals surface area contributed by atoms with Gasteiger partial charge in [0.05, 0.1) is 0 Å². The smallest absolute Gasteiger partial charge is 0.306 e. The van der Waals surface area contributed by atoms with Crippen molar-refractivity contribution < 1.29 is 14.3 Å². The topological polar surface area (TPSA) is 43.4 Å².